The molecule has 0 aliphatic heterocycles. The highest BCUT2D eigenvalue weighted by atomic mass is 16.3. The minimum absolute atomic E-state index is 0.861. The van der Waals surface area contributed by atoms with Gasteiger partial charge in [0, 0.05) is 38.5 Å². The second-order valence-electron chi connectivity index (χ2n) is 12.9. The summed E-state index contributed by atoms with van der Waals surface area (Å²) in [5, 5.41) is 4.63. The summed E-state index contributed by atoms with van der Waals surface area (Å²) in [7, 11) is 0. The van der Waals surface area contributed by atoms with Gasteiger partial charge in [0.15, 0.2) is 0 Å². The quantitative estimate of drug-likeness (QED) is 0.178. The number of nitrogens with zero attached hydrogens (tertiary/aromatic N) is 2. The molecule has 0 bridgehead atoms. The number of hydrogen-bond donors (Lipinski definition) is 0. The van der Waals surface area contributed by atoms with E-state index in [1.54, 1.807) is 0 Å². The monoisotopic (exact) mass is 652 g/mol. The van der Waals surface area contributed by atoms with Gasteiger partial charge in [-0.3, -0.25) is 0 Å². The molecule has 0 saturated heterocycles. The molecule has 10 aromatic rings. The molecule has 0 N–H and O–H groups in total. The fourth-order valence-electron chi connectivity index (χ4n) is 7.80. The van der Waals surface area contributed by atoms with Crippen LogP contribution in [-0.2, 0) is 0 Å². The van der Waals surface area contributed by atoms with Crippen LogP contribution in [0.3, 0.4) is 0 Å². The van der Waals surface area contributed by atoms with Crippen LogP contribution >= 0.6 is 0 Å². The third-order valence-corrected chi connectivity index (χ3v) is 10.0. The van der Waals surface area contributed by atoms with Crippen molar-refractivity contribution in [2.45, 2.75) is 0 Å². The number of hydrogen-bond acceptors (Lipinski definition) is 2. The van der Waals surface area contributed by atoms with Crippen molar-refractivity contribution >= 4 is 60.8 Å². The molecule has 0 atom stereocenters. The van der Waals surface area contributed by atoms with Gasteiger partial charge < -0.3 is 13.9 Å². The average Bonchev–Trinajstić information content (AvgIpc) is 3.76. The van der Waals surface area contributed by atoms with Crippen molar-refractivity contribution in [2.24, 2.45) is 0 Å². The molecule has 10 rings (SSSR count). The van der Waals surface area contributed by atoms with E-state index in [0.717, 1.165) is 61.4 Å². The molecular formula is C48H32N2O. The van der Waals surface area contributed by atoms with Crippen LogP contribution in [0, 0.1) is 0 Å². The van der Waals surface area contributed by atoms with E-state index in [0.29, 0.717) is 0 Å². The second kappa shape index (κ2) is 11.9. The van der Waals surface area contributed by atoms with Gasteiger partial charge in [-0.1, -0.05) is 140 Å². The van der Waals surface area contributed by atoms with E-state index in [4.69, 9.17) is 4.42 Å². The van der Waals surface area contributed by atoms with E-state index < -0.39 is 0 Å². The average molecular weight is 653 g/mol. The molecule has 0 saturated carbocycles. The van der Waals surface area contributed by atoms with Gasteiger partial charge in [0.1, 0.15) is 11.2 Å². The zero-order chi connectivity index (χ0) is 33.7. The van der Waals surface area contributed by atoms with Crippen LogP contribution in [0.1, 0.15) is 0 Å². The Morgan fingerprint density at radius 1 is 0.392 bits per heavy atom. The molecule has 8 aromatic carbocycles. The van der Waals surface area contributed by atoms with Crippen molar-refractivity contribution in [1.82, 2.24) is 4.57 Å². The fourth-order valence-corrected chi connectivity index (χ4v) is 7.80. The topological polar surface area (TPSA) is 21.3 Å². The number of rotatable bonds is 6. The summed E-state index contributed by atoms with van der Waals surface area (Å²) >= 11 is 0. The first kappa shape index (κ1) is 29.1. The molecule has 0 radical (unpaired) electrons. The Morgan fingerprint density at radius 2 is 0.961 bits per heavy atom. The zero-order valence-corrected chi connectivity index (χ0v) is 27.8. The van der Waals surface area contributed by atoms with Crippen molar-refractivity contribution in [1.29, 1.82) is 0 Å². The first-order chi connectivity index (χ1) is 25.3. The second-order valence-corrected chi connectivity index (χ2v) is 12.9. The van der Waals surface area contributed by atoms with Crippen LogP contribution in [0.2, 0.25) is 0 Å². The van der Waals surface area contributed by atoms with E-state index in [1.807, 2.05) is 0 Å². The third kappa shape index (κ3) is 4.67. The maximum absolute atomic E-state index is 6.93. The lowest BCUT2D eigenvalue weighted by molar-refractivity contribution is 0.670. The number of para-hydroxylation sites is 6. The molecule has 51 heavy (non-hydrogen) atoms. The molecule has 0 aliphatic rings. The summed E-state index contributed by atoms with van der Waals surface area (Å²) in [5.41, 5.74) is 12.9. The van der Waals surface area contributed by atoms with E-state index in [1.165, 1.54) is 27.4 Å². The van der Waals surface area contributed by atoms with E-state index in [9.17, 15) is 0 Å². The normalized spacial score (nSPS) is 11.5. The van der Waals surface area contributed by atoms with Crippen molar-refractivity contribution in [3.8, 4) is 27.9 Å². The van der Waals surface area contributed by atoms with Gasteiger partial charge in [0.05, 0.1) is 33.5 Å². The van der Waals surface area contributed by atoms with Crippen LogP contribution in [0.5, 0.6) is 0 Å². The van der Waals surface area contributed by atoms with E-state index in [2.05, 4.69) is 204 Å². The van der Waals surface area contributed by atoms with Gasteiger partial charge in [-0.05, 0) is 60.2 Å². The zero-order valence-electron chi connectivity index (χ0n) is 27.8. The lowest BCUT2D eigenvalue weighted by Crippen LogP contribution is -2.11. The number of aromatic nitrogens is 1. The maximum atomic E-state index is 6.93. The molecule has 0 unspecified atom stereocenters. The molecule has 0 spiro atoms. The number of benzene rings is 8. The Bertz CT molecular complexity index is 2810. The lowest BCUT2D eigenvalue weighted by Gasteiger charge is -2.29. The first-order valence-corrected chi connectivity index (χ1v) is 17.4. The highest BCUT2D eigenvalue weighted by Crippen LogP contribution is 2.49. The van der Waals surface area contributed by atoms with Crippen molar-refractivity contribution < 1.29 is 4.42 Å². The third-order valence-electron chi connectivity index (χ3n) is 10.0. The van der Waals surface area contributed by atoms with E-state index >= 15 is 0 Å². The Balaban J connectivity index is 1.27. The first-order valence-electron chi connectivity index (χ1n) is 17.4. The maximum Gasteiger partial charge on any atom is 0.145 e. The molecular weight excluding hydrogens is 621 g/mol. The molecule has 2 heterocycles. The Morgan fingerprint density at radius 3 is 1.71 bits per heavy atom. The summed E-state index contributed by atoms with van der Waals surface area (Å²) in [6.07, 6.45) is 0. The minimum Gasteiger partial charge on any atom is -0.455 e. The molecule has 240 valence electrons. The van der Waals surface area contributed by atoms with Gasteiger partial charge in [0.25, 0.3) is 0 Å². The summed E-state index contributed by atoms with van der Waals surface area (Å²) in [5.74, 6) is 0. The van der Waals surface area contributed by atoms with Gasteiger partial charge >= 0.3 is 0 Å². The Labute approximate surface area is 295 Å². The fraction of sp³-hybridized carbons (Fsp3) is 0. The van der Waals surface area contributed by atoms with Gasteiger partial charge in [-0.15, -0.1) is 0 Å². The summed E-state index contributed by atoms with van der Waals surface area (Å²) in [4.78, 5) is 2.38. The molecule has 3 heteroatoms. The van der Waals surface area contributed by atoms with Crippen molar-refractivity contribution in [2.75, 3.05) is 4.90 Å². The van der Waals surface area contributed by atoms with Crippen LogP contribution in [0.4, 0.5) is 17.1 Å². The highest BCUT2D eigenvalue weighted by Gasteiger charge is 2.25. The number of anilines is 3. The number of fused-ring (bicyclic) bond motifs is 6. The van der Waals surface area contributed by atoms with Gasteiger partial charge in [0.2, 0.25) is 0 Å². The summed E-state index contributed by atoms with van der Waals surface area (Å²) in [6.45, 7) is 0. The predicted molar refractivity (Wildman–Crippen MR) is 214 cm³/mol. The van der Waals surface area contributed by atoms with Crippen LogP contribution in [0.15, 0.2) is 199 Å². The largest absolute Gasteiger partial charge is 0.455 e. The van der Waals surface area contributed by atoms with Crippen molar-refractivity contribution in [3.63, 3.8) is 0 Å². The minimum atomic E-state index is 0.861. The molecule has 0 aliphatic carbocycles. The summed E-state index contributed by atoms with van der Waals surface area (Å²) < 4.78 is 9.32. The predicted octanol–water partition coefficient (Wildman–Crippen LogP) is 13.5. The van der Waals surface area contributed by atoms with Gasteiger partial charge in [-0.2, -0.15) is 0 Å². The van der Waals surface area contributed by atoms with Crippen LogP contribution in [-0.4, -0.2) is 4.57 Å². The van der Waals surface area contributed by atoms with Crippen LogP contribution < -0.4 is 4.90 Å². The smallest absolute Gasteiger partial charge is 0.145 e. The molecule has 2 aromatic heterocycles. The van der Waals surface area contributed by atoms with E-state index in [-0.39, 0.29) is 0 Å². The van der Waals surface area contributed by atoms with Crippen LogP contribution in [0.25, 0.3) is 71.7 Å². The highest BCUT2D eigenvalue weighted by molar-refractivity contribution is 6.18. The van der Waals surface area contributed by atoms with Crippen molar-refractivity contribution in [3.05, 3.63) is 194 Å². The molecule has 3 nitrogen and oxygen atoms in total. The summed E-state index contributed by atoms with van der Waals surface area (Å²) in [6, 6.07) is 68.9. The Hall–Kier alpha value is -6.84. The molecule has 0 fully saturated rings. The SMILES string of the molecule is c1ccc(-c2ccccc2N(c2ccccc2)c2ccc(-c3ccccc3-n3c4ccccc4c4ccccc43)c3oc4ccccc4c23)cc1. The molecule has 0 amide bonds. The standard InChI is InChI=1S/C48H32N2O/c1-3-17-33(18-4-1)35-21-7-12-26-41(35)49(34-19-5-2-6-20-34)45-32-31-39(48-47(45)40-25-11-16-30-46(40)51-48)38-24-10-15-29-44(38)50-42-27-13-8-22-36(42)37-23-9-14-28-43(37)50/h1-32H. The lowest BCUT2D eigenvalue weighted by atomic mass is 9.97. The Kier molecular flexibility index (Phi) is 6.81. The number of furan rings is 1. The van der Waals surface area contributed by atoms with Gasteiger partial charge in [-0.25, -0.2) is 0 Å².